The average Bonchev–Trinajstić information content (AvgIpc) is 2.27. The zero-order valence-corrected chi connectivity index (χ0v) is 10.9. The van der Waals surface area contributed by atoms with E-state index in [0.717, 1.165) is 25.3 Å². The molecule has 16 heavy (non-hydrogen) atoms. The molecule has 2 nitrogen and oxygen atoms in total. The van der Waals surface area contributed by atoms with Crippen molar-refractivity contribution in [3.05, 3.63) is 29.8 Å². The molecule has 0 saturated carbocycles. The molecule has 1 aromatic rings. The Morgan fingerprint density at radius 3 is 2.94 bits per heavy atom. The Kier molecular flexibility index (Phi) is 6.53. The summed E-state index contributed by atoms with van der Waals surface area (Å²) in [5, 5.41) is 12.6. The maximum atomic E-state index is 9.22. The fraction of sp³-hybridized carbons (Fsp3) is 0.538. The standard InChI is InChI=1S/C13H21NOS/c1-3-7-14-9-12-5-4-6-13(8-12)16-10-11(2)15/h4-6,8,11,14-15H,3,7,9-10H2,1-2H3. The van der Waals surface area contributed by atoms with E-state index >= 15 is 0 Å². The third-order valence-corrected chi connectivity index (χ3v) is 3.38. The summed E-state index contributed by atoms with van der Waals surface area (Å²) in [5.41, 5.74) is 1.31. The van der Waals surface area contributed by atoms with E-state index in [1.54, 1.807) is 11.8 Å². The van der Waals surface area contributed by atoms with Crippen LogP contribution in [0.4, 0.5) is 0 Å². The van der Waals surface area contributed by atoms with Gasteiger partial charge in [-0.1, -0.05) is 19.1 Å². The zero-order valence-electron chi connectivity index (χ0n) is 10.1. The number of benzene rings is 1. The summed E-state index contributed by atoms with van der Waals surface area (Å²) < 4.78 is 0. The highest BCUT2D eigenvalue weighted by Gasteiger charge is 1.99. The van der Waals surface area contributed by atoms with Crippen molar-refractivity contribution in [3.8, 4) is 0 Å². The highest BCUT2D eigenvalue weighted by atomic mass is 32.2. The molecule has 0 amide bonds. The molecule has 0 spiro atoms. The van der Waals surface area contributed by atoms with E-state index in [-0.39, 0.29) is 6.10 Å². The third-order valence-electron chi connectivity index (χ3n) is 2.15. The Balaban J connectivity index is 2.43. The molecule has 0 aliphatic rings. The first kappa shape index (κ1) is 13.6. The van der Waals surface area contributed by atoms with Crippen LogP contribution in [0.3, 0.4) is 0 Å². The smallest absolute Gasteiger partial charge is 0.0606 e. The van der Waals surface area contributed by atoms with Gasteiger partial charge in [-0.3, -0.25) is 0 Å². The molecule has 0 radical (unpaired) electrons. The number of hydrogen-bond acceptors (Lipinski definition) is 3. The lowest BCUT2D eigenvalue weighted by Crippen LogP contribution is -2.13. The number of aliphatic hydroxyl groups excluding tert-OH is 1. The van der Waals surface area contributed by atoms with Crippen LogP contribution in [0.25, 0.3) is 0 Å². The van der Waals surface area contributed by atoms with Gasteiger partial charge in [-0.05, 0) is 37.6 Å². The normalized spacial score (nSPS) is 12.7. The average molecular weight is 239 g/mol. The molecule has 0 fully saturated rings. The van der Waals surface area contributed by atoms with Crippen molar-refractivity contribution < 1.29 is 5.11 Å². The Morgan fingerprint density at radius 1 is 1.44 bits per heavy atom. The Morgan fingerprint density at radius 2 is 2.25 bits per heavy atom. The van der Waals surface area contributed by atoms with Crippen molar-refractivity contribution in [3.63, 3.8) is 0 Å². The number of hydrogen-bond donors (Lipinski definition) is 2. The lowest BCUT2D eigenvalue weighted by Gasteiger charge is -2.07. The maximum Gasteiger partial charge on any atom is 0.0606 e. The molecule has 1 unspecified atom stereocenters. The molecule has 0 saturated heterocycles. The molecular weight excluding hydrogens is 218 g/mol. The Hall–Kier alpha value is -0.510. The summed E-state index contributed by atoms with van der Waals surface area (Å²) in [6.45, 7) is 5.98. The van der Waals surface area contributed by atoms with Gasteiger partial charge in [0.2, 0.25) is 0 Å². The molecule has 1 rings (SSSR count). The highest BCUT2D eigenvalue weighted by Crippen LogP contribution is 2.19. The second-order valence-corrected chi connectivity index (χ2v) is 5.08. The van der Waals surface area contributed by atoms with Crippen LogP contribution in [0.2, 0.25) is 0 Å². The van der Waals surface area contributed by atoms with Gasteiger partial charge in [-0.15, -0.1) is 11.8 Å². The molecule has 0 heterocycles. The van der Waals surface area contributed by atoms with Gasteiger partial charge in [-0.25, -0.2) is 0 Å². The second-order valence-electron chi connectivity index (χ2n) is 3.98. The maximum absolute atomic E-state index is 9.22. The van der Waals surface area contributed by atoms with Crippen LogP contribution in [0, 0.1) is 0 Å². The molecule has 90 valence electrons. The summed E-state index contributed by atoms with van der Waals surface area (Å²) in [6.07, 6.45) is 0.920. The first-order chi connectivity index (χ1) is 7.72. The highest BCUT2D eigenvalue weighted by molar-refractivity contribution is 7.99. The van der Waals surface area contributed by atoms with Crippen molar-refractivity contribution in [1.29, 1.82) is 0 Å². The van der Waals surface area contributed by atoms with Gasteiger partial charge < -0.3 is 10.4 Å². The first-order valence-corrected chi connectivity index (χ1v) is 6.81. The second kappa shape index (κ2) is 7.71. The third kappa shape index (κ3) is 5.54. The monoisotopic (exact) mass is 239 g/mol. The molecule has 1 atom stereocenters. The predicted octanol–water partition coefficient (Wildman–Crippen LogP) is 2.66. The van der Waals surface area contributed by atoms with Gasteiger partial charge in [0.1, 0.15) is 0 Å². The van der Waals surface area contributed by atoms with E-state index in [9.17, 15) is 5.11 Å². The Bertz CT molecular complexity index is 302. The van der Waals surface area contributed by atoms with Crippen molar-refractivity contribution in [2.75, 3.05) is 12.3 Å². The van der Waals surface area contributed by atoms with Crippen molar-refractivity contribution >= 4 is 11.8 Å². The number of nitrogens with one attached hydrogen (secondary N) is 1. The minimum absolute atomic E-state index is 0.244. The van der Waals surface area contributed by atoms with E-state index in [1.165, 1.54) is 10.5 Å². The lowest BCUT2D eigenvalue weighted by atomic mass is 10.2. The van der Waals surface area contributed by atoms with E-state index in [2.05, 4.69) is 36.5 Å². The van der Waals surface area contributed by atoms with Gasteiger partial charge in [-0.2, -0.15) is 0 Å². The first-order valence-electron chi connectivity index (χ1n) is 5.83. The summed E-state index contributed by atoms with van der Waals surface area (Å²) in [4.78, 5) is 1.23. The van der Waals surface area contributed by atoms with Crippen molar-refractivity contribution in [2.45, 2.75) is 37.8 Å². The summed E-state index contributed by atoms with van der Waals surface area (Å²) in [5.74, 6) is 0.756. The Labute approximate surface area is 102 Å². The molecule has 0 aliphatic heterocycles. The van der Waals surface area contributed by atoms with E-state index in [0.29, 0.717) is 0 Å². The quantitative estimate of drug-likeness (QED) is 0.567. The summed E-state index contributed by atoms with van der Waals surface area (Å²) >= 11 is 1.70. The van der Waals surface area contributed by atoms with Crippen LogP contribution in [-0.4, -0.2) is 23.5 Å². The zero-order chi connectivity index (χ0) is 11.8. The number of thioether (sulfide) groups is 1. The minimum Gasteiger partial charge on any atom is -0.393 e. The molecule has 3 heteroatoms. The van der Waals surface area contributed by atoms with Gasteiger partial charge in [0.25, 0.3) is 0 Å². The van der Waals surface area contributed by atoms with Crippen LogP contribution in [0.15, 0.2) is 29.2 Å². The number of rotatable bonds is 7. The molecule has 1 aromatic carbocycles. The largest absolute Gasteiger partial charge is 0.393 e. The topological polar surface area (TPSA) is 32.3 Å². The van der Waals surface area contributed by atoms with Crippen LogP contribution < -0.4 is 5.32 Å². The van der Waals surface area contributed by atoms with Crippen molar-refractivity contribution in [2.24, 2.45) is 0 Å². The molecule has 0 aromatic heterocycles. The predicted molar refractivity (Wildman–Crippen MR) is 70.8 cm³/mol. The van der Waals surface area contributed by atoms with Gasteiger partial charge in [0.15, 0.2) is 0 Å². The SMILES string of the molecule is CCCNCc1cccc(SCC(C)O)c1. The van der Waals surface area contributed by atoms with Gasteiger partial charge in [0.05, 0.1) is 6.10 Å². The lowest BCUT2D eigenvalue weighted by molar-refractivity contribution is 0.220. The fourth-order valence-corrected chi connectivity index (χ4v) is 2.21. The molecule has 2 N–H and O–H groups in total. The van der Waals surface area contributed by atoms with Crippen LogP contribution >= 0.6 is 11.8 Å². The fourth-order valence-electron chi connectivity index (χ4n) is 1.37. The minimum atomic E-state index is -0.244. The summed E-state index contributed by atoms with van der Waals surface area (Å²) in [6, 6.07) is 8.49. The van der Waals surface area contributed by atoms with Gasteiger partial charge in [0, 0.05) is 17.2 Å². The molecular formula is C13H21NOS. The van der Waals surface area contributed by atoms with E-state index < -0.39 is 0 Å². The van der Waals surface area contributed by atoms with Gasteiger partial charge >= 0.3 is 0 Å². The van der Waals surface area contributed by atoms with Crippen molar-refractivity contribution in [1.82, 2.24) is 5.32 Å². The summed E-state index contributed by atoms with van der Waals surface area (Å²) in [7, 11) is 0. The molecule has 0 bridgehead atoms. The van der Waals surface area contributed by atoms with Crippen LogP contribution in [-0.2, 0) is 6.54 Å². The van der Waals surface area contributed by atoms with E-state index in [1.807, 2.05) is 6.92 Å². The van der Waals surface area contributed by atoms with Crippen LogP contribution in [0.5, 0.6) is 0 Å². The van der Waals surface area contributed by atoms with E-state index in [4.69, 9.17) is 0 Å². The number of aliphatic hydroxyl groups is 1. The molecule has 0 aliphatic carbocycles. The van der Waals surface area contributed by atoms with Crippen LogP contribution in [0.1, 0.15) is 25.8 Å².